The Morgan fingerprint density at radius 2 is 2.00 bits per heavy atom. The fourth-order valence-electron chi connectivity index (χ4n) is 2.12. The topological polar surface area (TPSA) is 71.2 Å². The Bertz CT molecular complexity index is 346. The Morgan fingerprint density at radius 1 is 1.38 bits per heavy atom. The number of amides is 2. The maximum Gasteiger partial charge on any atom is 0.326 e. The summed E-state index contributed by atoms with van der Waals surface area (Å²) in [6.45, 7) is 1.69. The lowest BCUT2D eigenvalue weighted by atomic mass is 9.91. The predicted octanol–water partition coefficient (Wildman–Crippen LogP) is 0.844. The maximum absolute atomic E-state index is 10.7. The number of rotatable bonds is 2. The van der Waals surface area contributed by atoms with Crippen LogP contribution in [-0.2, 0) is 0 Å². The maximum atomic E-state index is 10.7. The second kappa shape index (κ2) is 4.94. The number of nitrogens with two attached hydrogens (primary N) is 1. The highest BCUT2D eigenvalue weighted by atomic mass is 16.2. The zero-order valence-corrected chi connectivity index (χ0v) is 9.10. The van der Waals surface area contributed by atoms with Crippen LogP contribution in [0.25, 0.3) is 0 Å². The van der Waals surface area contributed by atoms with Crippen molar-refractivity contribution in [2.45, 2.75) is 18.8 Å². The smallest absolute Gasteiger partial charge is 0.326 e. The minimum absolute atomic E-state index is 0.484. The summed E-state index contributed by atoms with van der Waals surface area (Å²) < 4.78 is 0. The van der Waals surface area contributed by atoms with Crippen molar-refractivity contribution in [3.8, 4) is 0 Å². The summed E-state index contributed by atoms with van der Waals surface area (Å²) in [5.74, 6) is 0.564. The molecular weight excluding hydrogens is 204 g/mol. The van der Waals surface area contributed by atoms with E-state index in [4.69, 9.17) is 5.73 Å². The van der Waals surface area contributed by atoms with Gasteiger partial charge in [-0.05, 0) is 36.5 Å². The van der Waals surface area contributed by atoms with Crippen LogP contribution in [0.5, 0.6) is 0 Å². The standard InChI is InChI=1S/C11H16N4O/c12-11(16)14-15-7-3-10(4-8-15)9-1-5-13-6-2-9/h1-2,5-6,10H,3-4,7-8H2,(H3,12,14,16). The summed E-state index contributed by atoms with van der Waals surface area (Å²) in [6.07, 6.45) is 5.71. The van der Waals surface area contributed by atoms with E-state index in [1.165, 1.54) is 5.56 Å². The molecule has 1 aromatic rings. The van der Waals surface area contributed by atoms with Gasteiger partial charge >= 0.3 is 6.03 Å². The zero-order valence-electron chi connectivity index (χ0n) is 9.10. The molecule has 2 amide bonds. The van der Waals surface area contributed by atoms with Gasteiger partial charge in [0.15, 0.2) is 0 Å². The molecule has 0 saturated carbocycles. The van der Waals surface area contributed by atoms with Crippen molar-refractivity contribution in [2.75, 3.05) is 13.1 Å². The number of carbonyl (C=O) groups is 1. The molecule has 5 heteroatoms. The molecule has 0 aromatic carbocycles. The number of carbonyl (C=O) groups excluding carboxylic acids is 1. The minimum Gasteiger partial charge on any atom is -0.351 e. The number of hydrogen-bond donors (Lipinski definition) is 2. The normalized spacial score (nSPS) is 18.2. The number of urea groups is 1. The average Bonchev–Trinajstić information content (AvgIpc) is 2.30. The van der Waals surface area contributed by atoms with Crippen LogP contribution < -0.4 is 11.2 Å². The van der Waals surface area contributed by atoms with Crippen molar-refractivity contribution in [3.63, 3.8) is 0 Å². The number of aromatic nitrogens is 1. The average molecular weight is 220 g/mol. The molecule has 1 fully saturated rings. The minimum atomic E-state index is -0.484. The van der Waals surface area contributed by atoms with Gasteiger partial charge in [0.25, 0.3) is 0 Å². The number of piperidine rings is 1. The van der Waals surface area contributed by atoms with E-state index in [0.717, 1.165) is 25.9 Å². The number of primary amides is 1. The van der Waals surface area contributed by atoms with Crippen LogP contribution in [-0.4, -0.2) is 29.1 Å². The predicted molar refractivity (Wildman–Crippen MR) is 60.5 cm³/mol. The number of hydrazine groups is 1. The lowest BCUT2D eigenvalue weighted by Crippen LogP contribution is -2.48. The SMILES string of the molecule is NC(=O)NN1CCC(c2ccncc2)CC1. The first-order chi connectivity index (χ1) is 7.75. The third-order valence-corrected chi connectivity index (χ3v) is 2.94. The van der Waals surface area contributed by atoms with E-state index in [2.05, 4.69) is 22.5 Å². The van der Waals surface area contributed by atoms with Crippen molar-refractivity contribution >= 4 is 6.03 Å². The molecule has 2 heterocycles. The molecule has 1 aliphatic heterocycles. The fourth-order valence-corrected chi connectivity index (χ4v) is 2.12. The summed E-state index contributed by atoms with van der Waals surface area (Å²) in [5, 5.41) is 1.88. The van der Waals surface area contributed by atoms with Gasteiger partial charge in [-0.1, -0.05) is 0 Å². The first-order valence-corrected chi connectivity index (χ1v) is 5.46. The van der Waals surface area contributed by atoms with Crippen molar-refractivity contribution < 1.29 is 4.79 Å². The van der Waals surface area contributed by atoms with E-state index < -0.39 is 6.03 Å². The van der Waals surface area contributed by atoms with Gasteiger partial charge in [-0.15, -0.1) is 0 Å². The molecule has 1 saturated heterocycles. The lowest BCUT2D eigenvalue weighted by molar-refractivity contribution is 0.151. The highest BCUT2D eigenvalue weighted by Crippen LogP contribution is 2.26. The van der Waals surface area contributed by atoms with Gasteiger partial charge in [0.1, 0.15) is 0 Å². The third kappa shape index (κ3) is 2.70. The molecule has 2 rings (SSSR count). The van der Waals surface area contributed by atoms with Crippen LogP contribution in [0.2, 0.25) is 0 Å². The van der Waals surface area contributed by atoms with E-state index in [1.807, 2.05) is 17.4 Å². The highest BCUT2D eigenvalue weighted by Gasteiger charge is 2.20. The van der Waals surface area contributed by atoms with Gasteiger partial charge < -0.3 is 5.73 Å². The molecule has 86 valence electrons. The van der Waals surface area contributed by atoms with Crippen molar-refractivity contribution in [3.05, 3.63) is 30.1 Å². The van der Waals surface area contributed by atoms with Gasteiger partial charge in [-0.25, -0.2) is 9.80 Å². The summed E-state index contributed by atoms with van der Waals surface area (Å²) >= 11 is 0. The molecule has 1 aromatic heterocycles. The van der Waals surface area contributed by atoms with Crippen LogP contribution in [0, 0.1) is 0 Å². The van der Waals surface area contributed by atoms with Crippen molar-refractivity contribution in [1.29, 1.82) is 0 Å². The molecule has 3 N–H and O–H groups in total. The fraction of sp³-hybridized carbons (Fsp3) is 0.455. The van der Waals surface area contributed by atoms with E-state index in [0.29, 0.717) is 5.92 Å². The first kappa shape index (κ1) is 10.9. The molecule has 0 atom stereocenters. The van der Waals surface area contributed by atoms with Gasteiger partial charge in [0, 0.05) is 25.5 Å². The summed E-state index contributed by atoms with van der Waals surface area (Å²) in [5.41, 5.74) is 9.01. The molecule has 1 aliphatic rings. The molecule has 0 radical (unpaired) electrons. The van der Waals surface area contributed by atoms with E-state index in [9.17, 15) is 4.79 Å². The second-order valence-electron chi connectivity index (χ2n) is 4.02. The Balaban J connectivity index is 1.88. The Morgan fingerprint density at radius 3 is 2.56 bits per heavy atom. The van der Waals surface area contributed by atoms with Gasteiger partial charge in [-0.2, -0.15) is 0 Å². The molecular formula is C11H16N4O. The molecule has 5 nitrogen and oxygen atoms in total. The number of hydrogen-bond acceptors (Lipinski definition) is 3. The third-order valence-electron chi connectivity index (χ3n) is 2.94. The van der Waals surface area contributed by atoms with Gasteiger partial charge in [0.05, 0.1) is 0 Å². The summed E-state index contributed by atoms with van der Waals surface area (Å²) in [6, 6.07) is 3.63. The highest BCUT2D eigenvalue weighted by molar-refractivity contribution is 5.70. The Kier molecular flexibility index (Phi) is 3.36. The Labute approximate surface area is 94.6 Å². The zero-order chi connectivity index (χ0) is 11.4. The largest absolute Gasteiger partial charge is 0.351 e. The second-order valence-corrected chi connectivity index (χ2v) is 4.02. The molecule has 0 aliphatic carbocycles. The summed E-state index contributed by atoms with van der Waals surface area (Å²) in [4.78, 5) is 14.7. The van der Waals surface area contributed by atoms with Crippen LogP contribution >= 0.6 is 0 Å². The van der Waals surface area contributed by atoms with Crippen LogP contribution in [0.1, 0.15) is 24.3 Å². The number of nitrogens with zero attached hydrogens (tertiary/aromatic N) is 2. The lowest BCUT2D eigenvalue weighted by Gasteiger charge is -2.31. The van der Waals surface area contributed by atoms with Crippen LogP contribution in [0.15, 0.2) is 24.5 Å². The summed E-state index contributed by atoms with van der Waals surface area (Å²) in [7, 11) is 0. The first-order valence-electron chi connectivity index (χ1n) is 5.46. The number of nitrogens with one attached hydrogen (secondary N) is 1. The van der Waals surface area contributed by atoms with E-state index >= 15 is 0 Å². The van der Waals surface area contributed by atoms with Gasteiger partial charge in [0.2, 0.25) is 0 Å². The molecule has 0 unspecified atom stereocenters. The van der Waals surface area contributed by atoms with Crippen molar-refractivity contribution in [2.24, 2.45) is 5.73 Å². The van der Waals surface area contributed by atoms with Crippen LogP contribution in [0.4, 0.5) is 4.79 Å². The van der Waals surface area contributed by atoms with E-state index in [1.54, 1.807) is 0 Å². The Hall–Kier alpha value is -1.62. The molecule has 0 bridgehead atoms. The quantitative estimate of drug-likeness (QED) is 0.776. The van der Waals surface area contributed by atoms with Crippen LogP contribution in [0.3, 0.4) is 0 Å². The molecule has 0 spiro atoms. The van der Waals surface area contributed by atoms with E-state index in [-0.39, 0.29) is 0 Å². The molecule has 16 heavy (non-hydrogen) atoms. The van der Waals surface area contributed by atoms with Crippen molar-refractivity contribution in [1.82, 2.24) is 15.4 Å². The van der Waals surface area contributed by atoms with Gasteiger partial charge in [-0.3, -0.25) is 10.4 Å². The number of pyridine rings is 1. The monoisotopic (exact) mass is 220 g/mol.